The fraction of sp³-hybridized carbons (Fsp3) is 0.261. The highest BCUT2D eigenvalue weighted by Crippen LogP contribution is 2.33. The average molecular weight is 520 g/mol. The minimum Gasteiger partial charge on any atom is -0.363 e. The molecule has 0 saturated heterocycles. The average Bonchev–Trinajstić information content (AvgIpc) is 3.35. The standard InChI is InChI=1S/C23H25N3O7S2/c1-16-17(2)33-24-23(16)26(15-31-3)35(29,30)22-12-8-7-11-21(22)25-13-18(14-32-34(4,27)28)19-9-5-6-10-20(19)25/h5-13H,14-15H2,1-4H3. The summed E-state index contributed by atoms with van der Waals surface area (Å²) >= 11 is 0. The van der Waals surface area contributed by atoms with E-state index in [9.17, 15) is 16.8 Å². The van der Waals surface area contributed by atoms with Gasteiger partial charge in [0, 0.05) is 29.8 Å². The number of aromatic nitrogens is 2. The maximum atomic E-state index is 13.9. The summed E-state index contributed by atoms with van der Waals surface area (Å²) in [5, 5.41) is 4.68. The number of hydrogen-bond acceptors (Lipinski definition) is 8. The molecule has 2 aromatic heterocycles. The molecule has 0 amide bonds. The fourth-order valence-corrected chi connectivity index (χ4v) is 5.63. The Balaban J connectivity index is 1.89. The number of nitrogens with zero attached hydrogens (tertiary/aromatic N) is 3. The second-order valence-corrected chi connectivity index (χ2v) is 11.4. The van der Waals surface area contributed by atoms with Crippen LogP contribution in [0.15, 0.2) is 64.1 Å². The molecule has 0 saturated carbocycles. The van der Waals surface area contributed by atoms with E-state index in [4.69, 9.17) is 13.4 Å². The van der Waals surface area contributed by atoms with Crippen molar-refractivity contribution in [2.24, 2.45) is 0 Å². The van der Waals surface area contributed by atoms with Crippen LogP contribution in [-0.4, -0.2) is 46.7 Å². The first-order chi connectivity index (χ1) is 16.5. The molecule has 0 unspecified atom stereocenters. The summed E-state index contributed by atoms with van der Waals surface area (Å²) in [7, 11) is -6.44. The Bertz CT molecular complexity index is 1590. The monoisotopic (exact) mass is 519 g/mol. The first kappa shape index (κ1) is 24.9. The van der Waals surface area contributed by atoms with Gasteiger partial charge in [0.2, 0.25) is 0 Å². The Morgan fingerprint density at radius 2 is 1.71 bits per heavy atom. The van der Waals surface area contributed by atoms with Crippen LogP contribution >= 0.6 is 0 Å². The third kappa shape index (κ3) is 4.82. The molecule has 12 heteroatoms. The Hall–Kier alpha value is -3.19. The van der Waals surface area contributed by atoms with Crippen LogP contribution in [0.2, 0.25) is 0 Å². The summed E-state index contributed by atoms with van der Waals surface area (Å²) in [5.74, 6) is 0.635. The van der Waals surface area contributed by atoms with Crippen molar-refractivity contribution in [3.8, 4) is 5.69 Å². The number of sulfonamides is 1. The zero-order valence-corrected chi connectivity index (χ0v) is 21.3. The molecule has 0 atom stereocenters. The molecular weight excluding hydrogens is 494 g/mol. The van der Waals surface area contributed by atoms with Crippen LogP contribution in [0.4, 0.5) is 5.82 Å². The number of hydrogen-bond donors (Lipinski definition) is 0. The van der Waals surface area contributed by atoms with Gasteiger partial charge in [-0.2, -0.15) is 8.42 Å². The predicted octanol–water partition coefficient (Wildman–Crippen LogP) is 3.51. The van der Waals surface area contributed by atoms with Gasteiger partial charge in [-0.05, 0) is 32.0 Å². The van der Waals surface area contributed by atoms with Gasteiger partial charge in [0.05, 0.1) is 24.1 Å². The summed E-state index contributed by atoms with van der Waals surface area (Å²) in [4.78, 5) is 0.00781. The van der Waals surface area contributed by atoms with E-state index in [-0.39, 0.29) is 24.1 Å². The second kappa shape index (κ2) is 9.46. The molecule has 0 spiro atoms. The van der Waals surface area contributed by atoms with Gasteiger partial charge in [-0.1, -0.05) is 35.5 Å². The number of fused-ring (bicyclic) bond motifs is 1. The highest BCUT2D eigenvalue weighted by molar-refractivity contribution is 7.93. The van der Waals surface area contributed by atoms with Crippen LogP contribution in [-0.2, 0) is 35.7 Å². The molecule has 0 radical (unpaired) electrons. The first-order valence-corrected chi connectivity index (χ1v) is 13.8. The van der Waals surface area contributed by atoms with Gasteiger partial charge >= 0.3 is 0 Å². The molecule has 0 N–H and O–H groups in total. The lowest BCUT2D eigenvalue weighted by Crippen LogP contribution is -2.34. The zero-order chi connectivity index (χ0) is 25.4. The number of rotatable bonds is 9. The van der Waals surface area contributed by atoms with Gasteiger partial charge < -0.3 is 13.8 Å². The van der Waals surface area contributed by atoms with E-state index in [2.05, 4.69) is 5.16 Å². The van der Waals surface area contributed by atoms with Crippen LogP contribution in [0.25, 0.3) is 16.6 Å². The fourth-order valence-electron chi connectivity index (χ4n) is 3.73. The number of aryl methyl sites for hydroxylation is 1. The molecule has 35 heavy (non-hydrogen) atoms. The Kier molecular flexibility index (Phi) is 6.73. The summed E-state index contributed by atoms with van der Waals surface area (Å²) < 4.78 is 69.1. The van der Waals surface area contributed by atoms with E-state index in [1.165, 1.54) is 13.2 Å². The molecule has 186 valence electrons. The van der Waals surface area contributed by atoms with Gasteiger partial charge in [0.25, 0.3) is 20.1 Å². The van der Waals surface area contributed by atoms with Crippen molar-refractivity contribution < 1.29 is 30.3 Å². The molecule has 4 aromatic rings. The molecule has 0 fully saturated rings. The highest BCUT2D eigenvalue weighted by atomic mass is 32.2. The molecule has 0 bridgehead atoms. The summed E-state index contributed by atoms with van der Waals surface area (Å²) in [6.45, 7) is 2.96. The normalized spacial score (nSPS) is 12.3. The molecule has 0 aliphatic rings. The molecular formula is C23H25N3O7S2. The number of benzene rings is 2. The van der Waals surface area contributed by atoms with Crippen LogP contribution in [0.5, 0.6) is 0 Å². The minimum absolute atomic E-state index is 0.00781. The second-order valence-electron chi connectivity index (χ2n) is 7.93. The van der Waals surface area contributed by atoms with E-state index >= 15 is 0 Å². The minimum atomic E-state index is -4.16. The van der Waals surface area contributed by atoms with Crippen LogP contribution < -0.4 is 4.31 Å². The number of anilines is 1. The van der Waals surface area contributed by atoms with Gasteiger partial charge in [-0.25, -0.2) is 12.7 Å². The zero-order valence-electron chi connectivity index (χ0n) is 19.6. The molecule has 2 aromatic carbocycles. The predicted molar refractivity (Wildman–Crippen MR) is 130 cm³/mol. The SMILES string of the molecule is COCN(c1noc(C)c1C)S(=O)(=O)c1ccccc1-n1cc(COS(C)(=O)=O)c2ccccc21. The summed E-state index contributed by atoms with van der Waals surface area (Å²) in [5.41, 5.74) is 2.23. The van der Waals surface area contributed by atoms with E-state index in [0.717, 1.165) is 15.9 Å². The Labute approximate surface area is 203 Å². The van der Waals surface area contributed by atoms with Crippen LogP contribution in [0.3, 0.4) is 0 Å². The van der Waals surface area contributed by atoms with Gasteiger partial charge in [0.1, 0.15) is 17.4 Å². The number of ether oxygens (including phenoxy) is 1. The first-order valence-electron chi connectivity index (χ1n) is 10.5. The Morgan fingerprint density at radius 1 is 1.03 bits per heavy atom. The summed E-state index contributed by atoms with van der Waals surface area (Å²) in [6, 6.07) is 13.8. The van der Waals surface area contributed by atoms with Crippen LogP contribution in [0.1, 0.15) is 16.9 Å². The van der Waals surface area contributed by atoms with Gasteiger partial charge in [-0.3, -0.25) is 4.18 Å². The third-order valence-electron chi connectivity index (χ3n) is 5.53. The van der Waals surface area contributed by atoms with E-state index in [0.29, 0.717) is 28.1 Å². The van der Waals surface area contributed by atoms with Crippen molar-refractivity contribution in [3.05, 3.63) is 71.6 Å². The third-order valence-corrected chi connectivity index (χ3v) is 7.84. The smallest absolute Gasteiger partial charge is 0.269 e. The van der Waals surface area contributed by atoms with E-state index < -0.39 is 20.1 Å². The van der Waals surface area contributed by atoms with Gasteiger partial charge in [-0.15, -0.1) is 0 Å². The van der Waals surface area contributed by atoms with Crippen molar-refractivity contribution in [2.45, 2.75) is 25.3 Å². The molecule has 0 aliphatic heterocycles. The molecule has 4 rings (SSSR count). The van der Waals surface area contributed by atoms with Crippen molar-refractivity contribution in [2.75, 3.05) is 24.4 Å². The molecule has 0 aliphatic carbocycles. The van der Waals surface area contributed by atoms with Crippen molar-refractivity contribution in [1.82, 2.24) is 9.72 Å². The van der Waals surface area contributed by atoms with Gasteiger partial charge in [0.15, 0.2) is 5.82 Å². The van der Waals surface area contributed by atoms with E-state index in [1.54, 1.807) is 42.8 Å². The lowest BCUT2D eigenvalue weighted by Gasteiger charge is -2.23. The topological polar surface area (TPSA) is 121 Å². The highest BCUT2D eigenvalue weighted by Gasteiger charge is 2.32. The Morgan fingerprint density at radius 3 is 2.37 bits per heavy atom. The van der Waals surface area contributed by atoms with Crippen molar-refractivity contribution in [1.29, 1.82) is 0 Å². The largest absolute Gasteiger partial charge is 0.363 e. The quantitative estimate of drug-likeness (QED) is 0.243. The lowest BCUT2D eigenvalue weighted by molar-refractivity contribution is 0.208. The number of methoxy groups -OCH3 is 1. The van der Waals surface area contributed by atoms with E-state index in [1.807, 2.05) is 24.3 Å². The maximum Gasteiger partial charge on any atom is 0.269 e. The maximum absolute atomic E-state index is 13.9. The summed E-state index contributed by atoms with van der Waals surface area (Å²) in [6.07, 6.45) is 2.66. The number of para-hydroxylation sites is 2. The van der Waals surface area contributed by atoms with Crippen molar-refractivity contribution in [3.63, 3.8) is 0 Å². The lowest BCUT2D eigenvalue weighted by atomic mass is 10.2. The molecule has 10 nitrogen and oxygen atoms in total. The van der Waals surface area contributed by atoms with Crippen LogP contribution in [0, 0.1) is 13.8 Å². The molecule has 2 heterocycles. The van der Waals surface area contributed by atoms with Crippen molar-refractivity contribution >= 4 is 36.9 Å².